The van der Waals surface area contributed by atoms with Crippen molar-refractivity contribution in [3.05, 3.63) is 23.8 Å². The van der Waals surface area contributed by atoms with Gasteiger partial charge < -0.3 is 15.8 Å². The molecule has 1 aromatic rings. The van der Waals surface area contributed by atoms with E-state index in [2.05, 4.69) is 10.1 Å². The molecule has 19 heavy (non-hydrogen) atoms. The number of amides is 1. The molecular weight excluding hydrogens is 264 g/mol. The topological polar surface area (TPSA) is 81.4 Å². The number of esters is 1. The van der Waals surface area contributed by atoms with E-state index in [-0.39, 0.29) is 17.6 Å². The minimum atomic E-state index is -0.268. The number of anilines is 2. The van der Waals surface area contributed by atoms with Crippen molar-refractivity contribution in [1.29, 1.82) is 0 Å². The summed E-state index contributed by atoms with van der Waals surface area (Å²) in [6, 6.07) is 5.47. The highest BCUT2D eigenvalue weighted by Crippen LogP contribution is 2.19. The SMILES string of the molecule is COC(=O)CCSCC(=O)Nc1ccc(C)cc1N. The molecule has 104 valence electrons. The number of carbonyl (C=O) groups excluding carboxylic acids is 2. The van der Waals surface area contributed by atoms with Gasteiger partial charge in [0.05, 0.1) is 30.7 Å². The van der Waals surface area contributed by atoms with Gasteiger partial charge in [0, 0.05) is 5.75 Å². The van der Waals surface area contributed by atoms with Crippen LogP contribution in [0, 0.1) is 6.92 Å². The number of aryl methyl sites for hydroxylation is 1. The highest BCUT2D eigenvalue weighted by Gasteiger charge is 2.06. The van der Waals surface area contributed by atoms with Crippen LogP contribution in [0.4, 0.5) is 11.4 Å². The van der Waals surface area contributed by atoms with Crippen LogP contribution < -0.4 is 11.1 Å². The van der Waals surface area contributed by atoms with Gasteiger partial charge in [0.2, 0.25) is 5.91 Å². The number of rotatable bonds is 6. The van der Waals surface area contributed by atoms with E-state index in [9.17, 15) is 9.59 Å². The van der Waals surface area contributed by atoms with Gasteiger partial charge in [0.1, 0.15) is 0 Å². The Kier molecular flexibility index (Phi) is 6.21. The first-order chi connectivity index (χ1) is 9.02. The Bertz CT molecular complexity index is 463. The van der Waals surface area contributed by atoms with Crippen LogP contribution in [0.15, 0.2) is 18.2 Å². The average Bonchev–Trinajstić information content (AvgIpc) is 2.37. The Balaban J connectivity index is 2.33. The summed E-state index contributed by atoms with van der Waals surface area (Å²) >= 11 is 1.38. The highest BCUT2D eigenvalue weighted by molar-refractivity contribution is 7.99. The monoisotopic (exact) mass is 282 g/mol. The number of hydrogen-bond acceptors (Lipinski definition) is 5. The van der Waals surface area contributed by atoms with E-state index in [4.69, 9.17) is 5.73 Å². The Morgan fingerprint density at radius 2 is 2.16 bits per heavy atom. The van der Waals surface area contributed by atoms with Gasteiger partial charge in [-0.2, -0.15) is 11.8 Å². The first kappa shape index (κ1) is 15.4. The number of thioether (sulfide) groups is 1. The highest BCUT2D eigenvalue weighted by atomic mass is 32.2. The van der Waals surface area contributed by atoms with Gasteiger partial charge in [-0.05, 0) is 24.6 Å². The lowest BCUT2D eigenvalue weighted by Crippen LogP contribution is -2.16. The minimum Gasteiger partial charge on any atom is -0.469 e. The third kappa shape index (κ3) is 5.65. The van der Waals surface area contributed by atoms with Crippen LogP contribution in [-0.4, -0.2) is 30.5 Å². The average molecular weight is 282 g/mol. The van der Waals surface area contributed by atoms with E-state index in [1.807, 2.05) is 13.0 Å². The third-order valence-corrected chi connectivity index (χ3v) is 3.35. The van der Waals surface area contributed by atoms with Gasteiger partial charge in [-0.25, -0.2) is 0 Å². The maximum Gasteiger partial charge on any atom is 0.306 e. The number of nitrogen functional groups attached to an aromatic ring is 1. The lowest BCUT2D eigenvalue weighted by molar-refractivity contribution is -0.140. The zero-order valence-corrected chi connectivity index (χ0v) is 11.9. The Morgan fingerprint density at radius 1 is 1.42 bits per heavy atom. The molecule has 6 heteroatoms. The number of methoxy groups -OCH3 is 1. The molecule has 0 saturated heterocycles. The molecule has 0 saturated carbocycles. The van der Waals surface area contributed by atoms with Crippen molar-refractivity contribution in [2.75, 3.05) is 29.7 Å². The first-order valence-corrected chi connectivity index (χ1v) is 6.99. The smallest absolute Gasteiger partial charge is 0.306 e. The molecule has 0 aliphatic heterocycles. The second kappa shape index (κ2) is 7.68. The molecule has 0 atom stereocenters. The molecule has 3 N–H and O–H groups in total. The Hall–Kier alpha value is -1.69. The van der Waals surface area contributed by atoms with Crippen molar-refractivity contribution in [3.8, 4) is 0 Å². The zero-order valence-electron chi connectivity index (χ0n) is 11.1. The fourth-order valence-electron chi connectivity index (χ4n) is 1.40. The molecule has 1 aromatic carbocycles. The van der Waals surface area contributed by atoms with Crippen LogP contribution in [0.2, 0.25) is 0 Å². The van der Waals surface area contributed by atoms with Gasteiger partial charge in [-0.1, -0.05) is 6.07 Å². The van der Waals surface area contributed by atoms with E-state index >= 15 is 0 Å². The van der Waals surface area contributed by atoms with Crippen molar-refractivity contribution < 1.29 is 14.3 Å². The summed E-state index contributed by atoms with van der Waals surface area (Å²) in [5, 5.41) is 2.74. The molecule has 0 aromatic heterocycles. The summed E-state index contributed by atoms with van der Waals surface area (Å²) in [5.74, 6) is 0.439. The lowest BCUT2D eigenvalue weighted by Gasteiger charge is -2.08. The number of nitrogens with two attached hydrogens (primary N) is 1. The van der Waals surface area contributed by atoms with E-state index in [0.29, 0.717) is 23.5 Å². The summed E-state index contributed by atoms with van der Waals surface area (Å²) in [4.78, 5) is 22.5. The largest absolute Gasteiger partial charge is 0.469 e. The molecule has 1 rings (SSSR count). The Labute approximate surface area is 116 Å². The summed E-state index contributed by atoms with van der Waals surface area (Å²) < 4.78 is 4.51. The Morgan fingerprint density at radius 3 is 2.79 bits per heavy atom. The number of carbonyl (C=O) groups is 2. The third-order valence-electron chi connectivity index (χ3n) is 2.39. The van der Waals surface area contributed by atoms with Gasteiger partial charge in [0.15, 0.2) is 0 Å². The predicted molar refractivity (Wildman–Crippen MR) is 78.2 cm³/mol. The molecule has 1 amide bonds. The van der Waals surface area contributed by atoms with Crippen LogP contribution in [0.3, 0.4) is 0 Å². The minimum absolute atomic E-state index is 0.134. The van der Waals surface area contributed by atoms with Crippen LogP contribution in [-0.2, 0) is 14.3 Å². The van der Waals surface area contributed by atoms with E-state index in [0.717, 1.165) is 5.56 Å². The van der Waals surface area contributed by atoms with Crippen molar-refractivity contribution in [3.63, 3.8) is 0 Å². The zero-order chi connectivity index (χ0) is 14.3. The normalized spacial score (nSPS) is 10.0. The number of nitrogens with one attached hydrogen (secondary N) is 1. The van der Waals surface area contributed by atoms with Crippen LogP contribution >= 0.6 is 11.8 Å². The standard InChI is InChI=1S/C13H18N2O3S/c1-9-3-4-11(10(14)7-9)15-12(16)8-19-6-5-13(17)18-2/h3-4,7H,5-6,8,14H2,1-2H3,(H,15,16). The quantitative estimate of drug-likeness (QED) is 0.472. The van der Waals surface area contributed by atoms with E-state index < -0.39 is 0 Å². The summed E-state index contributed by atoms with van der Waals surface area (Å²) in [6.45, 7) is 1.94. The van der Waals surface area contributed by atoms with Crippen molar-refractivity contribution in [1.82, 2.24) is 0 Å². The van der Waals surface area contributed by atoms with Crippen molar-refractivity contribution in [2.24, 2.45) is 0 Å². The number of ether oxygens (including phenoxy) is 1. The number of benzene rings is 1. The predicted octanol–water partition coefficient (Wildman–Crippen LogP) is 1.81. The van der Waals surface area contributed by atoms with Crippen LogP contribution in [0.25, 0.3) is 0 Å². The molecule has 0 aliphatic carbocycles. The molecule has 0 radical (unpaired) electrons. The van der Waals surface area contributed by atoms with E-state index in [1.165, 1.54) is 18.9 Å². The fourth-order valence-corrected chi connectivity index (χ4v) is 2.12. The molecule has 0 fully saturated rings. The van der Waals surface area contributed by atoms with Crippen LogP contribution in [0.1, 0.15) is 12.0 Å². The summed E-state index contributed by atoms with van der Waals surface area (Å²) in [6.07, 6.45) is 0.307. The molecule has 0 unspecified atom stereocenters. The maximum absolute atomic E-state index is 11.7. The van der Waals surface area contributed by atoms with Crippen molar-refractivity contribution in [2.45, 2.75) is 13.3 Å². The molecule has 0 bridgehead atoms. The molecule has 5 nitrogen and oxygen atoms in total. The first-order valence-electron chi connectivity index (χ1n) is 5.83. The van der Waals surface area contributed by atoms with Crippen LogP contribution in [0.5, 0.6) is 0 Å². The lowest BCUT2D eigenvalue weighted by atomic mass is 10.2. The number of hydrogen-bond donors (Lipinski definition) is 2. The molecule has 0 heterocycles. The molecule has 0 spiro atoms. The van der Waals surface area contributed by atoms with Gasteiger partial charge >= 0.3 is 5.97 Å². The molecule has 0 aliphatic rings. The summed E-state index contributed by atoms with van der Waals surface area (Å²) in [5.41, 5.74) is 8.01. The van der Waals surface area contributed by atoms with Gasteiger partial charge in [-0.15, -0.1) is 0 Å². The van der Waals surface area contributed by atoms with Gasteiger partial charge in [0.25, 0.3) is 0 Å². The maximum atomic E-state index is 11.7. The fraction of sp³-hybridized carbons (Fsp3) is 0.385. The second-order valence-corrected chi connectivity index (χ2v) is 5.12. The van der Waals surface area contributed by atoms with Crippen molar-refractivity contribution >= 4 is 35.0 Å². The van der Waals surface area contributed by atoms with Gasteiger partial charge in [-0.3, -0.25) is 9.59 Å². The second-order valence-electron chi connectivity index (χ2n) is 4.02. The summed E-state index contributed by atoms with van der Waals surface area (Å²) in [7, 11) is 1.35. The molecular formula is C13H18N2O3S. The van der Waals surface area contributed by atoms with E-state index in [1.54, 1.807) is 12.1 Å².